The maximum atomic E-state index is 11.5. The van der Waals surface area contributed by atoms with E-state index in [4.69, 9.17) is 9.47 Å². The van der Waals surface area contributed by atoms with Gasteiger partial charge < -0.3 is 14.6 Å². The second-order valence-electron chi connectivity index (χ2n) is 7.02. The van der Waals surface area contributed by atoms with Crippen molar-refractivity contribution in [1.29, 1.82) is 0 Å². The average molecular weight is 374 g/mol. The quantitative estimate of drug-likeness (QED) is 0.687. The lowest BCUT2D eigenvalue weighted by Crippen LogP contribution is -2.25. The zero-order chi connectivity index (χ0) is 19.5. The lowest BCUT2D eigenvalue weighted by molar-refractivity contribution is -0.139. The lowest BCUT2D eigenvalue weighted by Gasteiger charge is -2.34. The molecule has 28 heavy (non-hydrogen) atoms. The molecule has 1 heterocycles. The van der Waals surface area contributed by atoms with Gasteiger partial charge in [0.2, 0.25) is 0 Å². The number of benzene rings is 3. The highest BCUT2D eigenvalue weighted by Gasteiger charge is 2.33. The van der Waals surface area contributed by atoms with E-state index in [1.165, 1.54) is 12.7 Å². The van der Waals surface area contributed by atoms with Crippen LogP contribution < -0.4 is 4.74 Å². The molecule has 0 saturated heterocycles. The molecule has 0 bridgehead atoms. The predicted octanol–water partition coefficient (Wildman–Crippen LogP) is 4.42. The summed E-state index contributed by atoms with van der Waals surface area (Å²) < 4.78 is 10.8. The van der Waals surface area contributed by atoms with Crippen LogP contribution in [0, 0.1) is 0 Å². The van der Waals surface area contributed by atoms with Crippen LogP contribution in [-0.4, -0.2) is 24.8 Å². The smallest absolute Gasteiger partial charge is 0.309 e. The number of rotatable bonds is 4. The van der Waals surface area contributed by atoms with E-state index in [1.54, 1.807) is 12.1 Å². The van der Waals surface area contributed by atoms with Crippen LogP contribution in [-0.2, 0) is 16.0 Å². The first-order chi connectivity index (χ1) is 13.7. The van der Waals surface area contributed by atoms with Crippen LogP contribution in [0.5, 0.6) is 11.5 Å². The Morgan fingerprint density at radius 2 is 1.79 bits per heavy atom. The topological polar surface area (TPSA) is 55.8 Å². The summed E-state index contributed by atoms with van der Waals surface area (Å²) in [5.74, 6) is 0.945. The molecule has 4 nitrogen and oxygen atoms in total. The van der Waals surface area contributed by atoms with Gasteiger partial charge in [-0.2, -0.15) is 0 Å². The monoisotopic (exact) mass is 374 g/mol. The SMILES string of the molecule is COC(=O)Cc1ccc(C2c3cc(O)ccc3OCC2c2ccccc2)cc1. The Kier molecular flexibility index (Phi) is 5.02. The number of esters is 1. The summed E-state index contributed by atoms with van der Waals surface area (Å²) in [5.41, 5.74) is 4.20. The van der Waals surface area contributed by atoms with Crippen molar-refractivity contribution in [2.75, 3.05) is 13.7 Å². The average Bonchev–Trinajstić information content (AvgIpc) is 2.74. The van der Waals surface area contributed by atoms with Gasteiger partial charge >= 0.3 is 5.97 Å². The fourth-order valence-electron chi connectivity index (χ4n) is 3.89. The maximum absolute atomic E-state index is 11.5. The van der Waals surface area contributed by atoms with Gasteiger partial charge in [-0.25, -0.2) is 0 Å². The third-order valence-corrected chi connectivity index (χ3v) is 5.29. The van der Waals surface area contributed by atoms with Crippen LogP contribution in [0.3, 0.4) is 0 Å². The molecule has 0 fully saturated rings. The van der Waals surface area contributed by atoms with E-state index in [0.717, 1.165) is 22.4 Å². The van der Waals surface area contributed by atoms with E-state index in [2.05, 4.69) is 24.3 Å². The van der Waals surface area contributed by atoms with Gasteiger partial charge in [-0.3, -0.25) is 4.79 Å². The van der Waals surface area contributed by atoms with Crippen LogP contribution in [0.25, 0.3) is 0 Å². The minimum absolute atomic E-state index is 0.0467. The fraction of sp³-hybridized carbons (Fsp3) is 0.208. The summed E-state index contributed by atoms with van der Waals surface area (Å²) in [6, 6.07) is 23.6. The highest BCUT2D eigenvalue weighted by atomic mass is 16.5. The Hall–Kier alpha value is -3.27. The molecule has 2 unspecified atom stereocenters. The van der Waals surface area contributed by atoms with Gasteiger partial charge in [-0.05, 0) is 34.9 Å². The first-order valence-corrected chi connectivity index (χ1v) is 9.32. The zero-order valence-corrected chi connectivity index (χ0v) is 15.7. The number of hydrogen-bond donors (Lipinski definition) is 1. The number of fused-ring (bicyclic) bond motifs is 1. The van der Waals surface area contributed by atoms with E-state index in [9.17, 15) is 9.90 Å². The molecule has 2 atom stereocenters. The number of aromatic hydroxyl groups is 1. The van der Waals surface area contributed by atoms with Gasteiger partial charge in [0.15, 0.2) is 0 Å². The molecule has 0 spiro atoms. The van der Waals surface area contributed by atoms with Crippen molar-refractivity contribution < 1.29 is 19.4 Å². The van der Waals surface area contributed by atoms with Crippen LogP contribution >= 0.6 is 0 Å². The standard InChI is InChI=1S/C24H22O4/c1-27-23(26)13-16-7-9-18(10-8-16)24-20-14-19(25)11-12-22(20)28-15-21(24)17-5-3-2-4-6-17/h2-12,14,21,24-25H,13,15H2,1H3. The molecule has 1 aliphatic heterocycles. The van der Waals surface area contributed by atoms with E-state index < -0.39 is 0 Å². The zero-order valence-electron chi connectivity index (χ0n) is 15.7. The van der Waals surface area contributed by atoms with Crippen molar-refractivity contribution in [3.63, 3.8) is 0 Å². The van der Waals surface area contributed by atoms with E-state index in [0.29, 0.717) is 6.61 Å². The molecule has 4 rings (SSSR count). The Balaban J connectivity index is 1.75. The molecule has 1 N–H and O–H groups in total. The summed E-state index contributed by atoms with van der Waals surface area (Å²) in [6.45, 7) is 0.566. The van der Waals surface area contributed by atoms with Gasteiger partial charge in [0.05, 0.1) is 20.1 Å². The van der Waals surface area contributed by atoms with Gasteiger partial charge in [0.1, 0.15) is 11.5 Å². The van der Waals surface area contributed by atoms with Crippen LogP contribution in [0.4, 0.5) is 0 Å². The number of carbonyl (C=O) groups is 1. The summed E-state index contributed by atoms with van der Waals surface area (Å²) in [6.07, 6.45) is 0.254. The van der Waals surface area contributed by atoms with Gasteiger partial charge in [-0.15, -0.1) is 0 Å². The van der Waals surface area contributed by atoms with Crippen molar-refractivity contribution in [1.82, 2.24) is 0 Å². The van der Waals surface area contributed by atoms with E-state index >= 15 is 0 Å². The Morgan fingerprint density at radius 3 is 2.50 bits per heavy atom. The second-order valence-corrected chi connectivity index (χ2v) is 7.02. The first-order valence-electron chi connectivity index (χ1n) is 9.32. The molecule has 0 radical (unpaired) electrons. The number of hydrogen-bond acceptors (Lipinski definition) is 4. The molecule has 3 aromatic carbocycles. The minimum atomic E-state index is -0.253. The molecule has 0 saturated carbocycles. The number of phenolic OH excluding ortho intramolecular Hbond substituents is 1. The molecular weight excluding hydrogens is 352 g/mol. The largest absolute Gasteiger partial charge is 0.508 e. The highest BCUT2D eigenvalue weighted by Crippen LogP contribution is 2.46. The van der Waals surface area contributed by atoms with Crippen molar-refractivity contribution in [2.45, 2.75) is 18.3 Å². The van der Waals surface area contributed by atoms with Crippen molar-refractivity contribution >= 4 is 5.97 Å². The Morgan fingerprint density at radius 1 is 1.04 bits per heavy atom. The van der Waals surface area contributed by atoms with Crippen molar-refractivity contribution in [2.24, 2.45) is 0 Å². The summed E-state index contributed by atoms with van der Waals surface area (Å²) >= 11 is 0. The normalized spacial score (nSPS) is 18.0. The fourth-order valence-corrected chi connectivity index (χ4v) is 3.89. The van der Waals surface area contributed by atoms with Gasteiger partial charge in [-0.1, -0.05) is 54.6 Å². The molecule has 0 amide bonds. The molecule has 0 aliphatic carbocycles. The molecule has 0 aromatic heterocycles. The molecule has 3 aromatic rings. The van der Waals surface area contributed by atoms with Gasteiger partial charge in [0.25, 0.3) is 0 Å². The van der Waals surface area contributed by atoms with Crippen molar-refractivity contribution in [3.05, 3.63) is 95.1 Å². The van der Waals surface area contributed by atoms with Crippen LogP contribution in [0.1, 0.15) is 34.1 Å². The Bertz CT molecular complexity index is 964. The molecule has 142 valence electrons. The first kappa shape index (κ1) is 18.1. The number of carbonyl (C=O) groups excluding carboxylic acids is 1. The van der Waals surface area contributed by atoms with E-state index in [-0.39, 0.29) is 30.0 Å². The second kappa shape index (κ2) is 7.77. The molecular formula is C24H22O4. The number of phenols is 1. The summed E-state index contributed by atoms with van der Waals surface area (Å²) in [4.78, 5) is 11.5. The van der Waals surface area contributed by atoms with Crippen molar-refractivity contribution in [3.8, 4) is 11.5 Å². The third-order valence-electron chi connectivity index (χ3n) is 5.29. The third kappa shape index (κ3) is 3.58. The van der Waals surface area contributed by atoms with Crippen LogP contribution in [0.15, 0.2) is 72.8 Å². The van der Waals surface area contributed by atoms with Gasteiger partial charge in [0, 0.05) is 17.4 Å². The minimum Gasteiger partial charge on any atom is -0.508 e. The van der Waals surface area contributed by atoms with Crippen LogP contribution in [0.2, 0.25) is 0 Å². The summed E-state index contributed by atoms with van der Waals surface area (Å²) in [5, 5.41) is 10.1. The Labute approximate surface area is 164 Å². The summed E-state index contributed by atoms with van der Waals surface area (Å²) in [7, 11) is 1.40. The lowest BCUT2D eigenvalue weighted by atomic mass is 9.75. The van der Waals surface area contributed by atoms with E-state index in [1.807, 2.05) is 36.4 Å². The maximum Gasteiger partial charge on any atom is 0.309 e. The number of methoxy groups -OCH3 is 1. The highest BCUT2D eigenvalue weighted by molar-refractivity contribution is 5.72. The number of ether oxygens (including phenoxy) is 2. The predicted molar refractivity (Wildman–Crippen MR) is 107 cm³/mol. The molecule has 1 aliphatic rings. The molecule has 4 heteroatoms.